The number of carbonyl (C=O) groups is 1. The molecule has 0 bridgehead atoms. The standard InChI is InChI=1S/C23H27NO5S/c25-23(16-29-22-11-5-4-10-21(22)18-7-2-1-3-8-18)24(15-20-9-6-13-28-20)19-12-14-30(26,27)17-19/h1-5,7-8,10-11,19-20H,6,9,12-17H2/t19-,20+/m0/s1. The van der Waals surface area contributed by atoms with E-state index in [9.17, 15) is 13.2 Å². The van der Waals surface area contributed by atoms with Gasteiger partial charge in [0, 0.05) is 24.8 Å². The fourth-order valence-electron chi connectivity index (χ4n) is 4.15. The molecule has 2 heterocycles. The molecule has 2 fully saturated rings. The Morgan fingerprint density at radius 3 is 2.53 bits per heavy atom. The lowest BCUT2D eigenvalue weighted by Gasteiger charge is -2.30. The molecule has 2 saturated heterocycles. The lowest BCUT2D eigenvalue weighted by atomic mass is 10.1. The molecule has 4 rings (SSSR count). The molecule has 0 aliphatic carbocycles. The van der Waals surface area contributed by atoms with E-state index in [2.05, 4.69) is 0 Å². The fourth-order valence-corrected chi connectivity index (χ4v) is 5.89. The van der Waals surface area contributed by atoms with Crippen LogP contribution in [0.25, 0.3) is 11.1 Å². The maximum absolute atomic E-state index is 13.1. The van der Waals surface area contributed by atoms with Crippen molar-refractivity contribution in [2.24, 2.45) is 0 Å². The van der Waals surface area contributed by atoms with Gasteiger partial charge in [-0.15, -0.1) is 0 Å². The number of nitrogens with zero attached hydrogens (tertiary/aromatic N) is 1. The summed E-state index contributed by atoms with van der Waals surface area (Å²) >= 11 is 0. The highest BCUT2D eigenvalue weighted by Crippen LogP contribution is 2.30. The molecular formula is C23H27NO5S. The number of hydrogen-bond donors (Lipinski definition) is 0. The number of rotatable bonds is 7. The quantitative estimate of drug-likeness (QED) is 0.677. The molecule has 0 unspecified atom stereocenters. The van der Waals surface area contributed by atoms with Gasteiger partial charge in [0.2, 0.25) is 0 Å². The van der Waals surface area contributed by atoms with Gasteiger partial charge in [0.25, 0.3) is 5.91 Å². The summed E-state index contributed by atoms with van der Waals surface area (Å²) in [5.41, 5.74) is 1.93. The molecule has 2 aromatic carbocycles. The third-order valence-corrected chi connectivity index (χ3v) is 7.47. The van der Waals surface area contributed by atoms with E-state index in [1.807, 2.05) is 54.6 Å². The summed E-state index contributed by atoms with van der Waals surface area (Å²) in [5.74, 6) is 0.583. The van der Waals surface area contributed by atoms with E-state index in [0.29, 0.717) is 25.3 Å². The molecule has 160 valence electrons. The molecule has 0 radical (unpaired) electrons. The second-order valence-corrected chi connectivity index (χ2v) is 10.1. The average Bonchev–Trinajstić information content (AvgIpc) is 3.40. The highest BCUT2D eigenvalue weighted by atomic mass is 32.2. The first kappa shape index (κ1) is 20.9. The molecule has 2 aliphatic rings. The van der Waals surface area contributed by atoms with Crippen molar-refractivity contribution in [3.63, 3.8) is 0 Å². The van der Waals surface area contributed by atoms with Crippen LogP contribution in [0, 0.1) is 0 Å². The van der Waals surface area contributed by atoms with Gasteiger partial charge in [-0.05, 0) is 30.9 Å². The van der Waals surface area contributed by atoms with Crippen molar-refractivity contribution in [3.05, 3.63) is 54.6 Å². The molecule has 1 amide bonds. The van der Waals surface area contributed by atoms with E-state index < -0.39 is 9.84 Å². The monoisotopic (exact) mass is 429 g/mol. The molecule has 30 heavy (non-hydrogen) atoms. The summed E-state index contributed by atoms with van der Waals surface area (Å²) in [6.45, 7) is 0.979. The number of carbonyl (C=O) groups excluding carboxylic acids is 1. The Bertz CT molecular complexity index is 970. The molecule has 2 atom stereocenters. The van der Waals surface area contributed by atoms with Crippen LogP contribution < -0.4 is 4.74 Å². The highest BCUT2D eigenvalue weighted by Gasteiger charge is 2.36. The topological polar surface area (TPSA) is 72.9 Å². The van der Waals surface area contributed by atoms with Crippen molar-refractivity contribution >= 4 is 15.7 Å². The van der Waals surface area contributed by atoms with Gasteiger partial charge in [0.15, 0.2) is 16.4 Å². The minimum absolute atomic E-state index is 0.0199. The summed E-state index contributed by atoms with van der Waals surface area (Å²) in [6, 6.07) is 17.2. The Morgan fingerprint density at radius 1 is 1.07 bits per heavy atom. The van der Waals surface area contributed by atoms with Crippen LogP contribution in [0.1, 0.15) is 19.3 Å². The Kier molecular flexibility index (Phi) is 6.39. The van der Waals surface area contributed by atoms with E-state index in [1.54, 1.807) is 4.90 Å². The molecule has 0 saturated carbocycles. The van der Waals surface area contributed by atoms with Crippen LogP contribution in [0.5, 0.6) is 5.75 Å². The zero-order chi connectivity index (χ0) is 21.0. The zero-order valence-corrected chi connectivity index (χ0v) is 17.7. The van der Waals surface area contributed by atoms with Gasteiger partial charge < -0.3 is 14.4 Å². The third kappa shape index (κ3) is 5.02. The average molecular weight is 430 g/mol. The van der Waals surface area contributed by atoms with Crippen LogP contribution >= 0.6 is 0 Å². The van der Waals surface area contributed by atoms with Crippen LogP contribution in [0.4, 0.5) is 0 Å². The predicted octanol–water partition coefficient (Wildman–Crippen LogP) is 2.93. The Morgan fingerprint density at radius 2 is 1.83 bits per heavy atom. The van der Waals surface area contributed by atoms with Gasteiger partial charge in [0.1, 0.15) is 5.75 Å². The van der Waals surface area contributed by atoms with Crippen LogP contribution in [0.2, 0.25) is 0 Å². The molecule has 6 nitrogen and oxygen atoms in total. The Hall–Kier alpha value is -2.38. The van der Waals surface area contributed by atoms with Crippen molar-refractivity contribution < 1.29 is 22.7 Å². The number of benzene rings is 2. The van der Waals surface area contributed by atoms with Crippen LogP contribution in [0.3, 0.4) is 0 Å². The molecule has 7 heteroatoms. The summed E-state index contributed by atoms with van der Waals surface area (Å²) in [5, 5.41) is 0. The number of para-hydroxylation sites is 1. The van der Waals surface area contributed by atoms with Crippen molar-refractivity contribution in [2.45, 2.75) is 31.4 Å². The van der Waals surface area contributed by atoms with Gasteiger partial charge in [-0.2, -0.15) is 0 Å². The lowest BCUT2D eigenvalue weighted by molar-refractivity contribution is -0.137. The smallest absolute Gasteiger partial charge is 0.260 e. The van der Waals surface area contributed by atoms with Crippen molar-refractivity contribution in [2.75, 3.05) is 31.3 Å². The number of amides is 1. The SMILES string of the molecule is O=C(COc1ccccc1-c1ccccc1)N(C[C@H]1CCCO1)[C@H]1CCS(=O)(=O)C1. The van der Waals surface area contributed by atoms with Gasteiger partial charge in [-0.25, -0.2) is 8.42 Å². The van der Waals surface area contributed by atoms with Gasteiger partial charge in [0.05, 0.1) is 17.6 Å². The first-order valence-electron chi connectivity index (χ1n) is 10.4. The van der Waals surface area contributed by atoms with Gasteiger partial charge in [-0.3, -0.25) is 4.79 Å². The fraction of sp³-hybridized carbons (Fsp3) is 0.435. The molecule has 0 spiro atoms. The second-order valence-electron chi connectivity index (χ2n) is 7.89. The van der Waals surface area contributed by atoms with Gasteiger partial charge >= 0.3 is 0 Å². The summed E-state index contributed by atoms with van der Waals surface area (Å²) < 4.78 is 35.6. The largest absolute Gasteiger partial charge is 0.483 e. The zero-order valence-electron chi connectivity index (χ0n) is 16.9. The van der Waals surface area contributed by atoms with Crippen molar-refractivity contribution in [1.29, 1.82) is 0 Å². The first-order chi connectivity index (χ1) is 14.5. The second kappa shape index (κ2) is 9.18. The van der Waals surface area contributed by atoms with E-state index in [4.69, 9.17) is 9.47 Å². The maximum atomic E-state index is 13.1. The lowest BCUT2D eigenvalue weighted by Crippen LogP contribution is -2.47. The predicted molar refractivity (Wildman–Crippen MR) is 115 cm³/mol. The summed E-state index contributed by atoms with van der Waals surface area (Å²) in [6.07, 6.45) is 2.30. The molecule has 0 aromatic heterocycles. The molecule has 2 aliphatic heterocycles. The summed E-state index contributed by atoms with van der Waals surface area (Å²) in [7, 11) is -3.09. The van der Waals surface area contributed by atoms with E-state index in [1.165, 1.54) is 0 Å². The van der Waals surface area contributed by atoms with E-state index in [0.717, 1.165) is 24.0 Å². The third-order valence-electron chi connectivity index (χ3n) is 5.72. The minimum atomic E-state index is -3.09. The van der Waals surface area contributed by atoms with E-state index >= 15 is 0 Å². The van der Waals surface area contributed by atoms with Gasteiger partial charge in [-0.1, -0.05) is 48.5 Å². The number of sulfone groups is 1. The number of hydrogen-bond acceptors (Lipinski definition) is 5. The van der Waals surface area contributed by atoms with Crippen LogP contribution in [-0.2, 0) is 19.4 Å². The van der Waals surface area contributed by atoms with Crippen LogP contribution in [-0.4, -0.2) is 62.6 Å². The summed E-state index contributed by atoms with van der Waals surface area (Å²) in [4.78, 5) is 14.8. The maximum Gasteiger partial charge on any atom is 0.260 e. The molecule has 2 aromatic rings. The normalized spacial score (nSPS) is 22.7. The minimum Gasteiger partial charge on any atom is -0.483 e. The van der Waals surface area contributed by atoms with Crippen molar-refractivity contribution in [3.8, 4) is 16.9 Å². The Balaban J connectivity index is 1.48. The Labute approximate surface area is 177 Å². The first-order valence-corrected chi connectivity index (χ1v) is 12.2. The van der Waals surface area contributed by atoms with Crippen LogP contribution in [0.15, 0.2) is 54.6 Å². The highest BCUT2D eigenvalue weighted by molar-refractivity contribution is 7.91. The molecular weight excluding hydrogens is 402 g/mol. The van der Waals surface area contributed by atoms with E-state index in [-0.39, 0.29) is 36.2 Å². The van der Waals surface area contributed by atoms with Crippen molar-refractivity contribution in [1.82, 2.24) is 4.90 Å². The molecule has 0 N–H and O–H groups in total. The number of ether oxygens (including phenoxy) is 2.